The number of amidine groups is 1. The topological polar surface area (TPSA) is 140 Å². The number of nitro groups is 2. The van der Waals surface area contributed by atoms with Crippen molar-refractivity contribution in [1.82, 2.24) is 5.32 Å². The molecular formula is C17H9Cl2N5O5S. The molecule has 0 aromatic heterocycles. The summed E-state index contributed by atoms with van der Waals surface area (Å²) in [5, 5.41) is 32.5. The van der Waals surface area contributed by atoms with Crippen LogP contribution >= 0.6 is 35.0 Å². The zero-order chi connectivity index (χ0) is 21.8. The number of carbonyl (C=O) groups is 1. The highest BCUT2D eigenvalue weighted by Gasteiger charge is 2.24. The molecule has 0 aliphatic carbocycles. The molecule has 1 amide bonds. The maximum absolute atomic E-state index is 12.1. The van der Waals surface area contributed by atoms with Gasteiger partial charge < -0.3 is 0 Å². The summed E-state index contributed by atoms with van der Waals surface area (Å²) < 4.78 is 0. The number of non-ortho nitro benzene ring substituents is 2. The van der Waals surface area contributed by atoms with Gasteiger partial charge in [0.15, 0.2) is 5.17 Å². The molecule has 13 heteroatoms. The predicted molar refractivity (Wildman–Crippen MR) is 115 cm³/mol. The highest BCUT2D eigenvalue weighted by Crippen LogP contribution is 2.30. The van der Waals surface area contributed by atoms with Crippen LogP contribution in [0.3, 0.4) is 0 Å². The van der Waals surface area contributed by atoms with Gasteiger partial charge in [-0.05, 0) is 30.0 Å². The Hall–Kier alpha value is -3.28. The Labute approximate surface area is 182 Å². The fraction of sp³-hybridized carbons (Fsp3) is 0. The van der Waals surface area contributed by atoms with E-state index in [9.17, 15) is 25.0 Å². The monoisotopic (exact) mass is 465 g/mol. The van der Waals surface area contributed by atoms with Crippen molar-refractivity contribution in [3.8, 4) is 0 Å². The van der Waals surface area contributed by atoms with Gasteiger partial charge in [0.2, 0.25) is 0 Å². The third-order valence-electron chi connectivity index (χ3n) is 3.66. The molecular weight excluding hydrogens is 457 g/mol. The van der Waals surface area contributed by atoms with Gasteiger partial charge in [0.25, 0.3) is 17.3 Å². The fourth-order valence-corrected chi connectivity index (χ4v) is 3.37. The van der Waals surface area contributed by atoms with Gasteiger partial charge in [0.1, 0.15) is 0 Å². The van der Waals surface area contributed by atoms with E-state index in [0.29, 0.717) is 5.56 Å². The van der Waals surface area contributed by atoms with Crippen LogP contribution in [-0.2, 0) is 4.79 Å². The van der Waals surface area contributed by atoms with Crippen molar-refractivity contribution < 1.29 is 14.6 Å². The number of amides is 1. The van der Waals surface area contributed by atoms with Crippen LogP contribution in [0.1, 0.15) is 11.1 Å². The van der Waals surface area contributed by atoms with Crippen LogP contribution in [0.5, 0.6) is 0 Å². The summed E-state index contributed by atoms with van der Waals surface area (Å²) in [5.41, 5.74) is 0.262. The van der Waals surface area contributed by atoms with Crippen molar-refractivity contribution in [2.45, 2.75) is 0 Å². The number of carbonyl (C=O) groups excluding carboxylic acids is 1. The minimum Gasteiger partial charge on any atom is -0.299 e. The van der Waals surface area contributed by atoms with Crippen molar-refractivity contribution in [2.24, 2.45) is 10.2 Å². The van der Waals surface area contributed by atoms with Crippen LogP contribution in [0.15, 0.2) is 51.5 Å². The molecule has 0 saturated carbocycles. The average Bonchev–Trinajstić information content (AvgIpc) is 3.03. The lowest BCUT2D eigenvalue weighted by molar-refractivity contribution is -0.385. The molecule has 1 N–H and O–H groups in total. The second-order valence-electron chi connectivity index (χ2n) is 5.64. The minimum atomic E-state index is -0.569. The Morgan fingerprint density at radius 3 is 2.13 bits per heavy atom. The van der Waals surface area contributed by atoms with Crippen molar-refractivity contribution in [3.05, 3.63) is 82.7 Å². The average molecular weight is 466 g/mol. The molecule has 3 rings (SSSR count). The predicted octanol–water partition coefficient (Wildman–Crippen LogP) is 4.40. The number of hydrogen-bond acceptors (Lipinski definition) is 8. The number of nitrogens with one attached hydrogen (secondary N) is 1. The first kappa shape index (κ1) is 21.4. The van der Waals surface area contributed by atoms with Gasteiger partial charge in [-0.15, -0.1) is 5.10 Å². The normalized spacial score (nSPS) is 16.4. The van der Waals surface area contributed by atoms with E-state index in [-0.39, 0.29) is 37.1 Å². The van der Waals surface area contributed by atoms with Crippen molar-refractivity contribution >= 4 is 69.7 Å². The summed E-state index contributed by atoms with van der Waals surface area (Å²) in [6.07, 6.45) is 2.62. The lowest BCUT2D eigenvalue weighted by Crippen LogP contribution is -2.19. The number of halogens is 2. The summed E-state index contributed by atoms with van der Waals surface area (Å²) >= 11 is 13.0. The summed E-state index contributed by atoms with van der Waals surface area (Å²) in [4.78, 5) is 32.9. The smallest absolute Gasteiger partial charge is 0.270 e. The van der Waals surface area contributed by atoms with Crippen LogP contribution in [0.4, 0.5) is 11.4 Å². The molecule has 1 heterocycles. The molecule has 0 unspecified atom stereocenters. The van der Waals surface area contributed by atoms with Gasteiger partial charge in [-0.25, -0.2) is 0 Å². The Kier molecular flexibility index (Phi) is 6.45. The first-order chi connectivity index (χ1) is 14.2. The van der Waals surface area contributed by atoms with E-state index in [1.165, 1.54) is 48.7 Å². The van der Waals surface area contributed by atoms with Crippen LogP contribution in [0, 0.1) is 20.2 Å². The van der Waals surface area contributed by atoms with E-state index < -0.39 is 15.8 Å². The lowest BCUT2D eigenvalue weighted by Gasteiger charge is -1.99. The quantitative estimate of drug-likeness (QED) is 0.300. The maximum Gasteiger partial charge on any atom is 0.270 e. The molecule has 1 saturated heterocycles. The third kappa shape index (κ3) is 5.00. The van der Waals surface area contributed by atoms with Gasteiger partial charge in [-0.3, -0.25) is 30.3 Å². The highest BCUT2D eigenvalue weighted by atomic mass is 35.5. The zero-order valence-electron chi connectivity index (χ0n) is 14.6. The Balaban J connectivity index is 1.80. The molecule has 0 radical (unpaired) electrons. The second kappa shape index (κ2) is 9.03. The summed E-state index contributed by atoms with van der Waals surface area (Å²) in [6, 6.07) is 7.74. The van der Waals surface area contributed by atoms with Gasteiger partial charge in [0.05, 0.1) is 21.0 Å². The van der Waals surface area contributed by atoms with E-state index in [1.807, 2.05) is 0 Å². The number of benzene rings is 2. The number of rotatable bonds is 5. The van der Waals surface area contributed by atoms with Crippen LogP contribution in [0.25, 0.3) is 6.08 Å². The van der Waals surface area contributed by atoms with E-state index in [4.69, 9.17) is 23.2 Å². The maximum atomic E-state index is 12.1. The molecule has 2 aromatic carbocycles. The summed E-state index contributed by atoms with van der Waals surface area (Å²) in [5.74, 6) is -0.482. The molecule has 0 atom stereocenters. The number of hydrogen-bond donors (Lipinski definition) is 1. The number of nitro benzene ring substituents is 2. The standard InChI is InChI=1S/C17H9Cl2N5O5S/c18-13-3-1-11(23(26)27)5-9(13)7-15-16(25)21-17(30-15)22-20-8-10-6-12(24(28)29)2-4-14(10)19/h1-8H,(H,21,22,25). The van der Waals surface area contributed by atoms with Crippen LogP contribution in [-0.4, -0.2) is 27.1 Å². The molecule has 30 heavy (non-hydrogen) atoms. The Morgan fingerprint density at radius 1 is 0.967 bits per heavy atom. The van der Waals surface area contributed by atoms with Crippen molar-refractivity contribution in [1.29, 1.82) is 0 Å². The summed E-state index contributed by atoms with van der Waals surface area (Å²) in [6.45, 7) is 0. The first-order valence-corrected chi connectivity index (χ1v) is 9.51. The van der Waals surface area contributed by atoms with E-state index >= 15 is 0 Å². The molecule has 152 valence electrons. The minimum absolute atomic E-state index is 0.144. The number of nitrogens with zero attached hydrogens (tertiary/aromatic N) is 4. The first-order valence-electron chi connectivity index (χ1n) is 7.94. The molecule has 0 spiro atoms. The van der Waals surface area contributed by atoms with Gasteiger partial charge in [-0.1, -0.05) is 23.2 Å². The van der Waals surface area contributed by atoms with Crippen LogP contribution in [0.2, 0.25) is 10.0 Å². The molecule has 1 aliphatic heterocycles. The van der Waals surface area contributed by atoms with Crippen LogP contribution < -0.4 is 5.32 Å². The van der Waals surface area contributed by atoms with Gasteiger partial charge in [-0.2, -0.15) is 5.10 Å². The van der Waals surface area contributed by atoms with Crippen molar-refractivity contribution in [2.75, 3.05) is 0 Å². The Bertz CT molecular complexity index is 1170. The lowest BCUT2D eigenvalue weighted by atomic mass is 10.2. The second-order valence-corrected chi connectivity index (χ2v) is 7.49. The van der Waals surface area contributed by atoms with Gasteiger partial charge in [0, 0.05) is 45.4 Å². The Morgan fingerprint density at radius 2 is 1.53 bits per heavy atom. The SMILES string of the molecule is O=C1NC(=NN=Cc2cc([N+](=O)[O-])ccc2Cl)SC1=Cc1cc([N+](=O)[O-])ccc1Cl. The highest BCUT2D eigenvalue weighted by molar-refractivity contribution is 8.18. The molecule has 1 fully saturated rings. The molecule has 1 aliphatic rings. The largest absolute Gasteiger partial charge is 0.299 e. The van der Waals surface area contributed by atoms with E-state index in [2.05, 4.69) is 15.5 Å². The van der Waals surface area contributed by atoms with Crippen molar-refractivity contribution in [3.63, 3.8) is 0 Å². The molecule has 10 nitrogen and oxygen atoms in total. The van der Waals surface area contributed by atoms with E-state index in [1.54, 1.807) is 0 Å². The molecule has 0 bridgehead atoms. The third-order valence-corrected chi connectivity index (χ3v) is 5.25. The summed E-state index contributed by atoms with van der Waals surface area (Å²) in [7, 11) is 0. The van der Waals surface area contributed by atoms with E-state index in [0.717, 1.165) is 11.8 Å². The zero-order valence-corrected chi connectivity index (χ0v) is 16.9. The molecule has 2 aromatic rings. The van der Waals surface area contributed by atoms with Gasteiger partial charge >= 0.3 is 0 Å². The number of thioether (sulfide) groups is 1. The fourth-order valence-electron chi connectivity index (χ4n) is 2.26.